The summed E-state index contributed by atoms with van der Waals surface area (Å²) < 4.78 is 7.77. The minimum Gasteiger partial charge on any atom is -0.376 e. The molecule has 1 aliphatic rings. The van der Waals surface area contributed by atoms with Crippen molar-refractivity contribution in [2.45, 2.75) is 25.5 Å². The number of ether oxygens (including phenoxy) is 1. The molecule has 2 heterocycles. The molecule has 0 amide bonds. The van der Waals surface area contributed by atoms with Crippen molar-refractivity contribution in [1.82, 2.24) is 14.7 Å². The van der Waals surface area contributed by atoms with Crippen LogP contribution in [0.5, 0.6) is 0 Å². The van der Waals surface area contributed by atoms with E-state index < -0.39 is 0 Å². The molecule has 0 unspecified atom stereocenters. The Hall–Kier alpha value is -1.65. The van der Waals surface area contributed by atoms with Gasteiger partial charge in [0.1, 0.15) is 0 Å². The largest absolute Gasteiger partial charge is 0.376 e. The second-order valence-corrected chi connectivity index (χ2v) is 5.77. The van der Waals surface area contributed by atoms with Gasteiger partial charge in [0, 0.05) is 38.4 Å². The fourth-order valence-corrected chi connectivity index (χ4v) is 2.88. The zero-order valence-electron chi connectivity index (χ0n) is 12.6. The third-order valence-corrected chi connectivity index (χ3v) is 3.99. The predicted octanol–water partition coefficient (Wildman–Crippen LogP) is 2.25. The van der Waals surface area contributed by atoms with Crippen LogP contribution in [-0.4, -0.2) is 40.5 Å². The standard InChI is InChI=1S/C17H23N3O/c1-19-12-16(11-18-19)13-20-9-10-21-17(14-20)8-7-15-5-3-2-4-6-15/h2-6,11-12,17H,7-10,13-14H2,1H3/t17-/m0/s1. The Morgan fingerprint density at radius 2 is 2.10 bits per heavy atom. The van der Waals surface area contributed by atoms with Crippen LogP contribution in [0.4, 0.5) is 0 Å². The smallest absolute Gasteiger partial charge is 0.0705 e. The highest BCUT2D eigenvalue weighted by Gasteiger charge is 2.20. The normalized spacial score (nSPS) is 19.8. The molecule has 4 nitrogen and oxygen atoms in total. The summed E-state index contributed by atoms with van der Waals surface area (Å²) >= 11 is 0. The van der Waals surface area contributed by atoms with Crippen LogP contribution in [0.3, 0.4) is 0 Å². The quantitative estimate of drug-likeness (QED) is 0.844. The van der Waals surface area contributed by atoms with Crippen LogP contribution in [0, 0.1) is 0 Å². The molecule has 0 bridgehead atoms. The lowest BCUT2D eigenvalue weighted by atomic mass is 10.1. The topological polar surface area (TPSA) is 30.3 Å². The molecule has 3 rings (SSSR count). The van der Waals surface area contributed by atoms with Crippen molar-refractivity contribution in [1.29, 1.82) is 0 Å². The zero-order valence-corrected chi connectivity index (χ0v) is 12.6. The zero-order chi connectivity index (χ0) is 14.5. The molecule has 1 aliphatic heterocycles. The maximum atomic E-state index is 5.91. The van der Waals surface area contributed by atoms with Crippen molar-refractivity contribution in [3.63, 3.8) is 0 Å². The Labute approximate surface area is 126 Å². The first kappa shape index (κ1) is 14.3. The van der Waals surface area contributed by atoms with Crippen LogP contribution in [0.15, 0.2) is 42.7 Å². The van der Waals surface area contributed by atoms with Crippen LogP contribution in [0.1, 0.15) is 17.5 Å². The second kappa shape index (κ2) is 6.87. The van der Waals surface area contributed by atoms with Crippen molar-refractivity contribution >= 4 is 0 Å². The number of nitrogens with zero attached hydrogens (tertiary/aromatic N) is 3. The molecular formula is C17H23N3O. The minimum atomic E-state index is 0.343. The molecule has 112 valence electrons. The summed E-state index contributed by atoms with van der Waals surface area (Å²) in [5, 5.41) is 4.24. The van der Waals surface area contributed by atoms with Crippen molar-refractivity contribution in [3.05, 3.63) is 53.9 Å². The summed E-state index contributed by atoms with van der Waals surface area (Å²) in [6, 6.07) is 10.7. The van der Waals surface area contributed by atoms with Gasteiger partial charge in [-0.1, -0.05) is 30.3 Å². The molecule has 1 fully saturated rings. The van der Waals surface area contributed by atoms with Gasteiger partial charge in [0.25, 0.3) is 0 Å². The highest BCUT2D eigenvalue weighted by atomic mass is 16.5. The van der Waals surface area contributed by atoms with Crippen LogP contribution in [0.2, 0.25) is 0 Å². The van der Waals surface area contributed by atoms with Crippen LogP contribution in [-0.2, 0) is 24.8 Å². The highest BCUT2D eigenvalue weighted by molar-refractivity contribution is 5.14. The van der Waals surface area contributed by atoms with E-state index in [0.29, 0.717) is 6.10 Å². The summed E-state index contributed by atoms with van der Waals surface area (Å²) in [4.78, 5) is 2.47. The van der Waals surface area contributed by atoms with Gasteiger partial charge in [0.05, 0.1) is 18.9 Å². The van der Waals surface area contributed by atoms with E-state index in [-0.39, 0.29) is 0 Å². The molecular weight excluding hydrogens is 262 g/mol. The summed E-state index contributed by atoms with van der Waals surface area (Å²) in [6.07, 6.45) is 6.57. The number of hydrogen-bond acceptors (Lipinski definition) is 3. The van der Waals surface area contributed by atoms with Crippen LogP contribution < -0.4 is 0 Å². The molecule has 1 atom stereocenters. The molecule has 2 aromatic rings. The fraction of sp³-hybridized carbons (Fsp3) is 0.471. The van der Waals surface area contributed by atoms with Crippen molar-refractivity contribution < 1.29 is 4.74 Å². The van der Waals surface area contributed by atoms with Gasteiger partial charge >= 0.3 is 0 Å². The lowest BCUT2D eigenvalue weighted by molar-refractivity contribution is -0.0345. The van der Waals surface area contributed by atoms with Crippen molar-refractivity contribution in [2.24, 2.45) is 7.05 Å². The van der Waals surface area contributed by atoms with E-state index in [4.69, 9.17) is 4.74 Å². The molecule has 0 saturated carbocycles. The first-order chi connectivity index (χ1) is 10.3. The first-order valence-electron chi connectivity index (χ1n) is 7.65. The maximum Gasteiger partial charge on any atom is 0.0705 e. The molecule has 0 N–H and O–H groups in total. The van der Waals surface area contributed by atoms with Gasteiger partial charge in [-0.2, -0.15) is 5.10 Å². The van der Waals surface area contributed by atoms with E-state index in [1.54, 1.807) is 0 Å². The first-order valence-corrected chi connectivity index (χ1v) is 7.65. The Kier molecular flexibility index (Phi) is 4.68. The molecule has 1 saturated heterocycles. The number of rotatable bonds is 5. The average molecular weight is 285 g/mol. The van der Waals surface area contributed by atoms with E-state index in [1.807, 2.05) is 17.9 Å². The molecule has 0 aliphatic carbocycles. The molecule has 1 aromatic carbocycles. The third kappa shape index (κ3) is 4.16. The monoisotopic (exact) mass is 285 g/mol. The van der Waals surface area contributed by atoms with Crippen LogP contribution >= 0.6 is 0 Å². The fourth-order valence-electron chi connectivity index (χ4n) is 2.88. The lowest BCUT2D eigenvalue weighted by Crippen LogP contribution is -2.42. The molecule has 0 spiro atoms. The van der Waals surface area contributed by atoms with E-state index in [0.717, 1.165) is 39.1 Å². The Morgan fingerprint density at radius 1 is 1.24 bits per heavy atom. The summed E-state index contributed by atoms with van der Waals surface area (Å²) in [6.45, 7) is 3.83. The summed E-state index contributed by atoms with van der Waals surface area (Å²) in [5.41, 5.74) is 2.67. The van der Waals surface area contributed by atoms with Crippen molar-refractivity contribution in [3.8, 4) is 0 Å². The highest BCUT2D eigenvalue weighted by Crippen LogP contribution is 2.14. The number of aryl methyl sites for hydroxylation is 2. The SMILES string of the molecule is Cn1cc(CN2CCO[C@@H](CCc3ccccc3)C2)cn1. The molecule has 0 radical (unpaired) electrons. The van der Waals surface area contributed by atoms with Gasteiger partial charge in [0.2, 0.25) is 0 Å². The van der Waals surface area contributed by atoms with Gasteiger partial charge in [-0.05, 0) is 18.4 Å². The van der Waals surface area contributed by atoms with Gasteiger partial charge in [-0.3, -0.25) is 9.58 Å². The van der Waals surface area contributed by atoms with Crippen molar-refractivity contribution in [2.75, 3.05) is 19.7 Å². The Balaban J connectivity index is 1.49. The summed E-state index contributed by atoms with van der Waals surface area (Å²) in [7, 11) is 1.96. The number of hydrogen-bond donors (Lipinski definition) is 0. The molecule has 4 heteroatoms. The lowest BCUT2D eigenvalue weighted by Gasteiger charge is -2.32. The molecule has 21 heavy (non-hydrogen) atoms. The van der Waals surface area contributed by atoms with Gasteiger partial charge < -0.3 is 4.74 Å². The van der Waals surface area contributed by atoms with Gasteiger partial charge in [0.15, 0.2) is 0 Å². The third-order valence-electron chi connectivity index (χ3n) is 3.99. The van der Waals surface area contributed by atoms with Gasteiger partial charge in [-0.15, -0.1) is 0 Å². The van der Waals surface area contributed by atoms with E-state index in [9.17, 15) is 0 Å². The maximum absolute atomic E-state index is 5.91. The Bertz CT molecular complexity index is 552. The summed E-state index contributed by atoms with van der Waals surface area (Å²) in [5.74, 6) is 0. The van der Waals surface area contributed by atoms with E-state index >= 15 is 0 Å². The molecule has 1 aromatic heterocycles. The number of morpholine rings is 1. The van der Waals surface area contributed by atoms with Gasteiger partial charge in [-0.25, -0.2) is 0 Å². The van der Waals surface area contributed by atoms with E-state index in [2.05, 4.69) is 46.5 Å². The minimum absolute atomic E-state index is 0.343. The number of aromatic nitrogens is 2. The Morgan fingerprint density at radius 3 is 2.86 bits per heavy atom. The average Bonchev–Trinajstić information content (AvgIpc) is 2.92. The predicted molar refractivity (Wildman–Crippen MR) is 83.0 cm³/mol. The van der Waals surface area contributed by atoms with Crippen LogP contribution in [0.25, 0.3) is 0 Å². The van der Waals surface area contributed by atoms with E-state index in [1.165, 1.54) is 11.1 Å². The number of benzene rings is 1. The second-order valence-electron chi connectivity index (χ2n) is 5.77.